The third kappa shape index (κ3) is 3.46. The summed E-state index contributed by atoms with van der Waals surface area (Å²) in [5.41, 5.74) is 1.36. The molecule has 0 fully saturated rings. The normalized spacial score (nSPS) is 10.6. The van der Waals surface area contributed by atoms with Crippen LogP contribution in [0.2, 0.25) is 5.02 Å². The molecule has 0 atom stereocenters. The molecule has 0 unspecified atom stereocenters. The number of halogens is 2. The molecule has 0 saturated heterocycles. The lowest BCUT2D eigenvalue weighted by molar-refractivity contribution is 0.415. The average Bonchev–Trinajstić information content (AvgIpc) is 2.42. The molecule has 0 bridgehead atoms. The number of pyridine rings is 1. The SMILES string of the molecule is CCNCc1ccnc(Oc2ccc(Cl)cc2C)c1F. The van der Waals surface area contributed by atoms with Gasteiger partial charge in [-0.1, -0.05) is 18.5 Å². The Balaban J connectivity index is 2.24. The van der Waals surface area contributed by atoms with E-state index in [2.05, 4.69) is 10.3 Å². The van der Waals surface area contributed by atoms with Gasteiger partial charge in [0.05, 0.1) is 0 Å². The van der Waals surface area contributed by atoms with Gasteiger partial charge in [-0.05, 0) is 43.3 Å². The van der Waals surface area contributed by atoms with Crippen molar-refractivity contribution in [3.63, 3.8) is 0 Å². The van der Waals surface area contributed by atoms with Gasteiger partial charge in [0, 0.05) is 23.3 Å². The lowest BCUT2D eigenvalue weighted by atomic mass is 10.2. The molecule has 2 aromatic rings. The van der Waals surface area contributed by atoms with E-state index >= 15 is 0 Å². The average molecular weight is 295 g/mol. The number of nitrogens with zero attached hydrogens (tertiary/aromatic N) is 1. The number of aromatic nitrogens is 1. The van der Waals surface area contributed by atoms with E-state index in [-0.39, 0.29) is 5.88 Å². The highest BCUT2D eigenvalue weighted by Crippen LogP contribution is 2.28. The van der Waals surface area contributed by atoms with E-state index in [0.717, 1.165) is 12.1 Å². The van der Waals surface area contributed by atoms with E-state index in [9.17, 15) is 4.39 Å². The Labute approximate surface area is 122 Å². The summed E-state index contributed by atoms with van der Waals surface area (Å²) in [6.07, 6.45) is 1.54. The predicted molar refractivity (Wildman–Crippen MR) is 77.8 cm³/mol. The number of hydrogen-bond donors (Lipinski definition) is 1. The Morgan fingerprint density at radius 3 is 2.85 bits per heavy atom. The first-order valence-corrected chi connectivity index (χ1v) is 6.77. The monoisotopic (exact) mass is 294 g/mol. The first-order chi connectivity index (χ1) is 9.61. The van der Waals surface area contributed by atoms with Gasteiger partial charge in [0.1, 0.15) is 5.75 Å². The highest BCUT2D eigenvalue weighted by Gasteiger charge is 2.12. The van der Waals surface area contributed by atoms with Crippen molar-refractivity contribution in [2.75, 3.05) is 6.54 Å². The quantitative estimate of drug-likeness (QED) is 0.902. The van der Waals surface area contributed by atoms with Gasteiger partial charge in [0.25, 0.3) is 5.88 Å². The summed E-state index contributed by atoms with van der Waals surface area (Å²) in [7, 11) is 0. The number of aryl methyl sites for hydroxylation is 1. The molecule has 3 nitrogen and oxygen atoms in total. The molecule has 106 valence electrons. The van der Waals surface area contributed by atoms with Crippen LogP contribution in [-0.2, 0) is 6.54 Å². The van der Waals surface area contributed by atoms with Gasteiger partial charge in [-0.2, -0.15) is 0 Å². The molecule has 1 aromatic heterocycles. The van der Waals surface area contributed by atoms with Gasteiger partial charge in [0.15, 0.2) is 5.82 Å². The first-order valence-electron chi connectivity index (χ1n) is 6.40. The van der Waals surface area contributed by atoms with Crippen molar-refractivity contribution in [2.45, 2.75) is 20.4 Å². The molecule has 0 aliphatic carbocycles. The number of hydrogen-bond acceptors (Lipinski definition) is 3. The van der Waals surface area contributed by atoms with Crippen LogP contribution in [0.15, 0.2) is 30.5 Å². The van der Waals surface area contributed by atoms with Gasteiger partial charge < -0.3 is 10.1 Å². The molecule has 0 amide bonds. The smallest absolute Gasteiger partial charge is 0.256 e. The summed E-state index contributed by atoms with van der Waals surface area (Å²) in [4.78, 5) is 3.95. The third-order valence-electron chi connectivity index (χ3n) is 2.85. The summed E-state index contributed by atoms with van der Waals surface area (Å²) in [5.74, 6) is 0.0787. The van der Waals surface area contributed by atoms with Gasteiger partial charge in [-0.25, -0.2) is 9.37 Å². The van der Waals surface area contributed by atoms with Crippen LogP contribution in [0, 0.1) is 12.7 Å². The Hall–Kier alpha value is -1.65. The number of ether oxygens (including phenoxy) is 1. The molecule has 1 aromatic carbocycles. The second-order valence-electron chi connectivity index (χ2n) is 4.38. The fraction of sp³-hybridized carbons (Fsp3) is 0.267. The van der Waals surface area contributed by atoms with Crippen molar-refractivity contribution >= 4 is 11.6 Å². The second kappa shape index (κ2) is 6.68. The standard InChI is InChI=1S/C15H16ClFN2O/c1-3-18-9-11-6-7-19-15(14(11)17)20-13-5-4-12(16)8-10(13)2/h4-8,18H,3,9H2,1-2H3. The van der Waals surface area contributed by atoms with Crippen molar-refractivity contribution in [3.8, 4) is 11.6 Å². The van der Waals surface area contributed by atoms with Crippen LogP contribution in [0.3, 0.4) is 0 Å². The molecule has 2 rings (SSSR count). The maximum absolute atomic E-state index is 14.2. The van der Waals surface area contributed by atoms with Crippen molar-refractivity contribution in [1.82, 2.24) is 10.3 Å². The minimum absolute atomic E-state index is 0.0224. The van der Waals surface area contributed by atoms with Crippen LogP contribution in [0.5, 0.6) is 11.6 Å². The Morgan fingerprint density at radius 2 is 2.15 bits per heavy atom. The zero-order valence-electron chi connectivity index (χ0n) is 11.4. The van der Waals surface area contributed by atoms with Crippen LogP contribution >= 0.6 is 11.6 Å². The van der Waals surface area contributed by atoms with E-state index in [0.29, 0.717) is 22.9 Å². The van der Waals surface area contributed by atoms with Crippen LogP contribution in [0.25, 0.3) is 0 Å². The highest BCUT2D eigenvalue weighted by atomic mass is 35.5. The maximum atomic E-state index is 14.2. The predicted octanol–water partition coefficient (Wildman–Crippen LogP) is 4.08. The Kier molecular flexibility index (Phi) is 4.93. The lowest BCUT2D eigenvalue weighted by Gasteiger charge is -2.11. The summed E-state index contributed by atoms with van der Waals surface area (Å²) < 4.78 is 19.8. The maximum Gasteiger partial charge on any atom is 0.256 e. The first kappa shape index (κ1) is 14.8. The minimum Gasteiger partial charge on any atom is -0.436 e. The van der Waals surface area contributed by atoms with Crippen molar-refractivity contribution < 1.29 is 9.13 Å². The lowest BCUT2D eigenvalue weighted by Crippen LogP contribution is -2.13. The van der Waals surface area contributed by atoms with Crippen LogP contribution in [0.1, 0.15) is 18.1 Å². The zero-order chi connectivity index (χ0) is 14.5. The van der Waals surface area contributed by atoms with Crippen LogP contribution < -0.4 is 10.1 Å². The number of benzene rings is 1. The minimum atomic E-state index is -0.442. The third-order valence-corrected chi connectivity index (χ3v) is 3.08. The summed E-state index contributed by atoms with van der Waals surface area (Å²) in [6, 6.07) is 6.80. The Bertz CT molecular complexity index is 604. The molecule has 0 spiro atoms. The molecular formula is C15H16ClFN2O. The molecule has 1 N–H and O–H groups in total. The van der Waals surface area contributed by atoms with Gasteiger partial charge in [0.2, 0.25) is 0 Å². The van der Waals surface area contributed by atoms with Gasteiger partial charge in [-0.3, -0.25) is 0 Å². The van der Waals surface area contributed by atoms with Crippen LogP contribution in [0.4, 0.5) is 4.39 Å². The molecular weight excluding hydrogens is 279 g/mol. The van der Waals surface area contributed by atoms with E-state index in [1.807, 2.05) is 13.8 Å². The summed E-state index contributed by atoms with van der Waals surface area (Å²) in [6.45, 7) is 5.03. The van der Waals surface area contributed by atoms with E-state index in [1.165, 1.54) is 6.20 Å². The summed E-state index contributed by atoms with van der Waals surface area (Å²) in [5, 5.41) is 3.69. The highest BCUT2D eigenvalue weighted by molar-refractivity contribution is 6.30. The fourth-order valence-electron chi connectivity index (χ4n) is 1.76. The van der Waals surface area contributed by atoms with E-state index < -0.39 is 5.82 Å². The zero-order valence-corrected chi connectivity index (χ0v) is 12.2. The van der Waals surface area contributed by atoms with E-state index in [1.54, 1.807) is 24.3 Å². The Morgan fingerprint density at radius 1 is 1.35 bits per heavy atom. The second-order valence-corrected chi connectivity index (χ2v) is 4.82. The molecule has 5 heteroatoms. The molecule has 1 heterocycles. The molecule has 0 aliphatic rings. The topological polar surface area (TPSA) is 34.2 Å². The van der Waals surface area contributed by atoms with Crippen molar-refractivity contribution in [3.05, 3.63) is 52.4 Å². The van der Waals surface area contributed by atoms with Crippen LogP contribution in [-0.4, -0.2) is 11.5 Å². The van der Waals surface area contributed by atoms with E-state index in [4.69, 9.17) is 16.3 Å². The number of nitrogens with one attached hydrogen (secondary N) is 1. The van der Waals surface area contributed by atoms with Crippen molar-refractivity contribution in [2.24, 2.45) is 0 Å². The number of rotatable bonds is 5. The molecule has 20 heavy (non-hydrogen) atoms. The van der Waals surface area contributed by atoms with Gasteiger partial charge >= 0.3 is 0 Å². The molecule has 0 saturated carbocycles. The molecule has 0 aliphatic heterocycles. The van der Waals surface area contributed by atoms with Gasteiger partial charge in [-0.15, -0.1) is 0 Å². The fourth-order valence-corrected chi connectivity index (χ4v) is 1.99. The van der Waals surface area contributed by atoms with Crippen molar-refractivity contribution in [1.29, 1.82) is 0 Å². The largest absolute Gasteiger partial charge is 0.436 e. The summed E-state index contributed by atoms with van der Waals surface area (Å²) >= 11 is 5.88. The molecule has 0 radical (unpaired) electrons.